The smallest absolute Gasteiger partial charge is 0.242 e. The summed E-state index contributed by atoms with van der Waals surface area (Å²) in [5.74, 6) is -1.01. The van der Waals surface area contributed by atoms with Gasteiger partial charge in [-0.25, -0.2) is 12.8 Å². The number of nitrogens with one attached hydrogen (secondary N) is 2. The molecule has 2 aromatic carbocycles. The molecule has 1 amide bonds. The molecule has 0 saturated heterocycles. The second kappa shape index (κ2) is 7.11. The van der Waals surface area contributed by atoms with Crippen LogP contribution in [0.2, 0.25) is 0 Å². The summed E-state index contributed by atoms with van der Waals surface area (Å²) in [7, 11) is -3.91. The maximum Gasteiger partial charge on any atom is 0.242 e. The molecule has 7 heteroatoms. The van der Waals surface area contributed by atoms with Crippen LogP contribution >= 0.6 is 0 Å². The van der Waals surface area contributed by atoms with Gasteiger partial charge in [0.15, 0.2) is 0 Å². The van der Waals surface area contributed by atoms with Gasteiger partial charge in [0, 0.05) is 5.69 Å². The Kier molecular flexibility index (Phi) is 5.36. The van der Waals surface area contributed by atoms with Crippen molar-refractivity contribution in [3.63, 3.8) is 0 Å². The number of benzene rings is 2. The fraction of sp³-hybridized carbons (Fsp3) is 0.235. The Morgan fingerprint density at radius 2 is 1.58 bits per heavy atom. The number of anilines is 1. The topological polar surface area (TPSA) is 75.3 Å². The predicted molar refractivity (Wildman–Crippen MR) is 90.7 cm³/mol. The molecule has 1 unspecified atom stereocenters. The maximum atomic E-state index is 12.9. The lowest BCUT2D eigenvalue weighted by molar-refractivity contribution is -0.117. The number of sulfonamides is 1. The molecule has 0 aliphatic rings. The van der Waals surface area contributed by atoms with Gasteiger partial charge in [-0.15, -0.1) is 0 Å². The average Bonchev–Trinajstić information content (AvgIpc) is 2.46. The molecule has 0 fully saturated rings. The molecule has 0 aliphatic heterocycles. The van der Waals surface area contributed by atoms with E-state index in [9.17, 15) is 17.6 Å². The first-order chi connectivity index (χ1) is 11.2. The Morgan fingerprint density at radius 1 is 1.04 bits per heavy atom. The van der Waals surface area contributed by atoms with Crippen LogP contribution in [0.15, 0.2) is 47.4 Å². The molecule has 0 radical (unpaired) electrons. The summed E-state index contributed by atoms with van der Waals surface area (Å²) in [5, 5.41) is 2.68. The number of carbonyl (C=O) groups is 1. The normalized spacial score (nSPS) is 12.7. The van der Waals surface area contributed by atoms with Gasteiger partial charge in [-0.3, -0.25) is 4.79 Å². The molecule has 2 N–H and O–H groups in total. The third-order valence-electron chi connectivity index (χ3n) is 3.34. The SMILES string of the molecule is Cc1cc(C)cc(NC(=O)C(C)NS(=O)(=O)c2ccc(F)cc2)c1. The Labute approximate surface area is 141 Å². The largest absolute Gasteiger partial charge is 0.325 e. The van der Waals surface area contributed by atoms with E-state index in [1.807, 2.05) is 19.9 Å². The molecular weight excluding hydrogens is 331 g/mol. The number of hydrogen-bond donors (Lipinski definition) is 2. The number of carbonyl (C=O) groups excluding carboxylic acids is 1. The summed E-state index contributed by atoms with van der Waals surface area (Å²) in [6, 6.07) is 8.97. The highest BCUT2D eigenvalue weighted by molar-refractivity contribution is 7.89. The lowest BCUT2D eigenvalue weighted by Gasteiger charge is -2.15. The predicted octanol–water partition coefficient (Wildman–Crippen LogP) is 2.75. The van der Waals surface area contributed by atoms with E-state index in [1.54, 1.807) is 12.1 Å². The van der Waals surface area contributed by atoms with E-state index in [4.69, 9.17) is 0 Å². The molecule has 0 aliphatic carbocycles. The summed E-state index contributed by atoms with van der Waals surface area (Å²) >= 11 is 0. The van der Waals surface area contributed by atoms with E-state index in [0.717, 1.165) is 35.4 Å². The number of aryl methyl sites for hydroxylation is 2. The molecule has 0 spiro atoms. The highest BCUT2D eigenvalue weighted by atomic mass is 32.2. The number of rotatable bonds is 5. The molecule has 0 bridgehead atoms. The summed E-state index contributed by atoms with van der Waals surface area (Å²) in [6.07, 6.45) is 0. The number of hydrogen-bond acceptors (Lipinski definition) is 3. The Bertz CT molecular complexity index is 828. The van der Waals surface area contributed by atoms with Gasteiger partial charge >= 0.3 is 0 Å². The highest BCUT2D eigenvalue weighted by Gasteiger charge is 2.22. The Hall–Kier alpha value is -2.25. The van der Waals surface area contributed by atoms with Gasteiger partial charge in [0.25, 0.3) is 0 Å². The van der Waals surface area contributed by atoms with Crippen molar-refractivity contribution in [3.05, 3.63) is 59.4 Å². The summed E-state index contributed by atoms with van der Waals surface area (Å²) in [4.78, 5) is 12.1. The zero-order valence-corrected chi connectivity index (χ0v) is 14.4. The van der Waals surface area contributed by atoms with E-state index < -0.39 is 27.8 Å². The zero-order chi connectivity index (χ0) is 17.9. The molecule has 2 rings (SSSR count). The van der Waals surface area contributed by atoms with Crippen molar-refractivity contribution in [2.24, 2.45) is 0 Å². The third-order valence-corrected chi connectivity index (χ3v) is 4.89. The first kappa shape index (κ1) is 18.1. The van der Waals surface area contributed by atoms with Gasteiger partial charge in [0.2, 0.25) is 15.9 Å². The van der Waals surface area contributed by atoms with Crippen molar-refractivity contribution in [2.45, 2.75) is 31.7 Å². The van der Waals surface area contributed by atoms with Gasteiger partial charge in [0.1, 0.15) is 5.82 Å². The minimum absolute atomic E-state index is 0.102. The fourth-order valence-electron chi connectivity index (χ4n) is 2.27. The molecule has 1 atom stereocenters. The lowest BCUT2D eigenvalue weighted by Crippen LogP contribution is -2.41. The highest BCUT2D eigenvalue weighted by Crippen LogP contribution is 2.15. The minimum Gasteiger partial charge on any atom is -0.325 e. The molecule has 5 nitrogen and oxygen atoms in total. The zero-order valence-electron chi connectivity index (χ0n) is 13.6. The quantitative estimate of drug-likeness (QED) is 0.871. The first-order valence-corrected chi connectivity index (χ1v) is 8.83. The van der Waals surface area contributed by atoms with Crippen LogP contribution in [-0.2, 0) is 14.8 Å². The van der Waals surface area contributed by atoms with Crippen LogP contribution in [0.5, 0.6) is 0 Å². The molecule has 0 saturated carbocycles. The van der Waals surface area contributed by atoms with E-state index in [2.05, 4.69) is 10.0 Å². The van der Waals surface area contributed by atoms with Gasteiger partial charge in [-0.1, -0.05) is 6.07 Å². The third kappa shape index (κ3) is 4.62. The standard InChI is InChI=1S/C17H19FN2O3S/c1-11-8-12(2)10-15(9-11)19-17(21)13(3)20-24(22,23)16-6-4-14(18)5-7-16/h4-10,13,20H,1-3H3,(H,19,21). The van der Waals surface area contributed by atoms with Crippen LogP contribution in [0.4, 0.5) is 10.1 Å². The fourth-order valence-corrected chi connectivity index (χ4v) is 3.47. The molecule has 2 aromatic rings. The van der Waals surface area contributed by atoms with Crippen LogP contribution in [0.1, 0.15) is 18.1 Å². The lowest BCUT2D eigenvalue weighted by atomic mass is 10.1. The van der Waals surface area contributed by atoms with Crippen molar-refractivity contribution < 1.29 is 17.6 Å². The Balaban J connectivity index is 2.09. The van der Waals surface area contributed by atoms with Crippen LogP contribution in [0.25, 0.3) is 0 Å². The van der Waals surface area contributed by atoms with Crippen molar-refractivity contribution in [1.29, 1.82) is 0 Å². The van der Waals surface area contributed by atoms with Gasteiger partial charge in [0.05, 0.1) is 10.9 Å². The number of halogens is 1. The monoisotopic (exact) mass is 350 g/mol. The van der Waals surface area contributed by atoms with E-state index in [1.165, 1.54) is 6.92 Å². The second-order valence-electron chi connectivity index (χ2n) is 5.66. The summed E-state index contributed by atoms with van der Waals surface area (Å²) in [6.45, 7) is 5.26. The Morgan fingerprint density at radius 3 is 2.12 bits per heavy atom. The van der Waals surface area contributed by atoms with Crippen LogP contribution in [0, 0.1) is 19.7 Å². The summed E-state index contributed by atoms with van der Waals surface area (Å²) < 4.78 is 39.6. The minimum atomic E-state index is -3.91. The van der Waals surface area contributed by atoms with Crippen molar-refractivity contribution in [2.75, 3.05) is 5.32 Å². The maximum absolute atomic E-state index is 12.9. The summed E-state index contributed by atoms with van der Waals surface area (Å²) in [5.41, 5.74) is 2.58. The van der Waals surface area contributed by atoms with Gasteiger partial charge in [-0.05, 0) is 68.3 Å². The van der Waals surface area contributed by atoms with Crippen LogP contribution in [-0.4, -0.2) is 20.4 Å². The van der Waals surface area contributed by atoms with Gasteiger partial charge in [-0.2, -0.15) is 4.72 Å². The number of amides is 1. The van der Waals surface area contributed by atoms with E-state index in [-0.39, 0.29) is 4.90 Å². The van der Waals surface area contributed by atoms with E-state index >= 15 is 0 Å². The second-order valence-corrected chi connectivity index (χ2v) is 7.38. The van der Waals surface area contributed by atoms with Crippen LogP contribution < -0.4 is 10.0 Å². The molecule has 0 aromatic heterocycles. The van der Waals surface area contributed by atoms with Gasteiger partial charge < -0.3 is 5.32 Å². The molecule has 128 valence electrons. The molecular formula is C17H19FN2O3S. The van der Waals surface area contributed by atoms with Crippen molar-refractivity contribution in [1.82, 2.24) is 4.72 Å². The molecule has 24 heavy (non-hydrogen) atoms. The van der Waals surface area contributed by atoms with Crippen molar-refractivity contribution >= 4 is 21.6 Å². The molecule has 0 heterocycles. The van der Waals surface area contributed by atoms with Crippen molar-refractivity contribution in [3.8, 4) is 0 Å². The average molecular weight is 350 g/mol. The van der Waals surface area contributed by atoms with Crippen LogP contribution in [0.3, 0.4) is 0 Å². The first-order valence-electron chi connectivity index (χ1n) is 7.34. The van der Waals surface area contributed by atoms with E-state index in [0.29, 0.717) is 5.69 Å².